The SMILES string of the molecule is O=C1[C@@H](NS(=O)(=O)Cc2ccccc2)CCN1Cc1ccccc1. The van der Waals surface area contributed by atoms with Crippen LogP contribution >= 0.6 is 0 Å². The standard InChI is InChI=1S/C18H20N2O3S/c21-18-17(11-12-20(18)13-15-7-3-1-4-8-15)19-24(22,23)14-16-9-5-2-6-10-16/h1-10,17,19H,11-14H2/t17-/m0/s1. The zero-order chi connectivity index (χ0) is 17.0. The summed E-state index contributed by atoms with van der Waals surface area (Å²) in [5.41, 5.74) is 1.75. The van der Waals surface area contributed by atoms with Crippen LogP contribution in [0.1, 0.15) is 17.5 Å². The molecule has 0 saturated carbocycles. The number of sulfonamides is 1. The molecular weight excluding hydrogens is 324 g/mol. The predicted molar refractivity (Wildman–Crippen MR) is 92.5 cm³/mol. The Morgan fingerprint density at radius 3 is 2.17 bits per heavy atom. The average molecular weight is 344 g/mol. The van der Waals surface area contributed by atoms with E-state index in [1.165, 1.54) is 0 Å². The Labute approximate surface area is 142 Å². The van der Waals surface area contributed by atoms with Gasteiger partial charge in [-0.1, -0.05) is 60.7 Å². The molecule has 1 aliphatic heterocycles. The molecule has 1 amide bonds. The number of carbonyl (C=O) groups excluding carboxylic acids is 1. The lowest BCUT2D eigenvalue weighted by atomic mass is 10.2. The van der Waals surface area contributed by atoms with E-state index < -0.39 is 16.1 Å². The second kappa shape index (κ2) is 7.15. The van der Waals surface area contributed by atoms with Crippen LogP contribution in [0.4, 0.5) is 0 Å². The van der Waals surface area contributed by atoms with Crippen LogP contribution in [0.2, 0.25) is 0 Å². The summed E-state index contributed by atoms with van der Waals surface area (Å²) in [6, 6.07) is 18.0. The lowest BCUT2D eigenvalue weighted by Gasteiger charge is -2.17. The van der Waals surface area contributed by atoms with Crippen molar-refractivity contribution < 1.29 is 13.2 Å². The monoisotopic (exact) mass is 344 g/mol. The number of hydrogen-bond acceptors (Lipinski definition) is 3. The first-order chi connectivity index (χ1) is 11.5. The van der Waals surface area contributed by atoms with E-state index in [0.717, 1.165) is 5.56 Å². The minimum atomic E-state index is -3.54. The highest BCUT2D eigenvalue weighted by Gasteiger charge is 2.34. The van der Waals surface area contributed by atoms with Crippen LogP contribution in [0.5, 0.6) is 0 Å². The number of carbonyl (C=O) groups is 1. The topological polar surface area (TPSA) is 66.5 Å². The smallest absolute Gasteiger partial charge is 0.241 e. The van der Waals surface area contributed by atoms with E-state index in [-0.39, 0.29) is 11.7 Å². The quantitative estimate of drug-likeness (QED) is 0.870. The fraction of sp³-hybridized carbons (Fsp3) is 0.278. The summed E-state index contributed by atoms with van der Waals surface area (Å²) in [5.74, 6) is -0.272. The van der Waals surface area contributed by atoms with Gasteiger partial charge in [-0.2, -0.15) is 0 Å². The summed E-state index contributed by atoms with van der Waals surface area (Å²) in [4.78, 5) is 14.1. The molecule has 0 radical (unpaired) electrons. The molecule has 1 fully saturated rings. The Balaban J connectivity index is 1.61. The molecule has 0 aliphatic carbocycles. The van der Waals surface area contributed by atoms with E-state index in [0.29, 0.717) is 25.1 Å². The fourth-order valence-corrected chi connectivity index (χ4v) is 4.23. The van der Waals surface area contributed by atoms with Crippen molar-refractivity contribution in [2.75, 3.05) is 6.54 Å². The molecule has 1 heterocycles. The van der Waals surface area contributed by atoms with Crippen molar-refractivity contribution in [3.05, 3.63) is 71.8 Å². The van der Waals surface area contributed by atoms with Crippen LogP contribution in [0.25, 0.3) is 0 Å². The van der Waals surface area contributed by atoms with Crippen molar-refractivity contribution in [3.8, 4) is 0 Å². The van der Waals surface area contributed by atoms with Gasteiger partial charge in [0.15, 0.2) is 0 Å². The van der Waals surface area contributed by atoms with Gasteiger partial charge >= 0.3 is 0 Å². The van der Waals surface area contributed by atoms with Crippen LogP contribution < -0.4 is 4.72 Å². The van der Waals surface area contributed by atoms with E-state index in [4.69, 9.17) is 0 Å². The minimum absolute atomic E-state index is 0.115. The number of likely N-dealkylation sites (tertiary alicyclic amines) is 1. The third-order valence-corrected chi connectivity index (χ3v) is 5.39. The fourth-order valence-electron chi connectivity index (χ4n) is 2.86. The van der Waals surface area contributed by atoms with Crippen LogP contribution in [-0.2, 0) is 27.1 Å². The van der Waals surface area contributed by atoms with Crippen molar-refractivity contribution >= 4 is 15.9 Å². The molecule has 1 atom stereocenters. The van der Waals surface area contributed by atoms with Gasteiger partial charge in [0, 0.05) is 13.1 Å². The van der Waals surface area contributed by atoms with E-state index in [2.05, 4.69) is 4.72 Å². The highest BCUT2D eigenvalue weighted by Crippen LogP contribution is 2.16. The molecule has 126 valence electrons. The van der Waals surface area contributed by atoms with E-state index in [1.807, 2.05) is 36.4 Å². The van der Waals surface area contributed by atoms with Gasteiger partial charge < -0.3 is 4.90 Å². The molecule has 3 rings (SSSR count). The first-order valence-electron chi connectivity index (χ1n) is 7.90. The summed E-state index contributed by atoms with van der Waals surface area (Å²) in [6.45, 7) is 1.07. The Kier molecular flexibility index (Phi) is 4.97. The molecule has 0 unspecified atom stereocenters. The molecule has 2 aromatic rings. The first kappa shape index (κ1) is 16.7. The van der Waals surface area contributed by atoms with Crippen LogP contribution in [0, 0.1) is 0 Å². The summed E-state index contributed by atoms with van der Waals surface area (Å²) < 4.78 is 27.1. The molecule has 1 saturated heterocycles. The average Bonchev–Trinajstić information content (AvgIpc) is 2.89. The molecule has 24 heavy (non-hydrogen) atoms. The second-order valence-corrected chi connectivity index (χ2v) is 7.70. The number of nitrogens with zero attached hydrogens (tertiary/aromatic N) is 1. The van der Waals surface area contributed by atoms with Crippen molar-refractivity contribution in [2.24, 2.45) is 0 Å². The molecule has 0 aromatic heterocycles. The molecule has 2 aromatic carbocycles. The minimum Gasteiger partial charge on any atom is -0.337 e. The van der Waals surface area contributed by atoms with Gasteiger partial charge in [-0.3, -0.25) is 4.79 Å². The number of rotatable bonds is 6. The zero-order valence-electron chi connectivity index (χ0n) is 13.3. The highest BCUT2D eigenvalue weighted by atomic mass is 32.2. The molecule has 0 bridgehead atoms. The van der Waals surface area contributed by atoms with E-state index >= 15 is 0 Å². The second-order valence-electron chi connectivity index (χ2n) is 5.95. The molecule has 1 N–H and O–H groups in total. The molecule has 6 heteroatoms. The largest absolute Gasteiger partial charge is 0.337 e. The van der Waals surface area contributed by atoms with Crippen molar-refractivity contribution in [1.29, 1.82) is 0 Å². The number of hydrogen-bond donors (Lipinski definition) is 1. The molecule has 5 nitrogen and oxygen atoms in total. The third kappa shape index (κ3) is 4.21. The van der Waals surface area contributed by atoms with Crippen molar-refractivity contribution in [3.63, 3.8) is 0 Å². The lowest BCUT2D eigenvalue weighted by Crippen LogP contribution is -2.41. The summed E-state index contributed by atoms with van der Waals surface area (Å²) in [7, 11) is -3.54. The van der Waals surface area contributed by atoms with Crippen molar-refractivity contribution in [2.45, 2.75) is 24.8 Å². The van der Waals surface area contributed by atoms with Gasteiger partial charge in [0.05, 0.1) is 5.75 Å². The van der Waals surface area contributed by atoms with Gasteiger partial charge in [0.1, 0.15) is 6.04 Å². The lowest BCUT2D eigenvalue weighted by molar-refractivity contribution is -0.129. The van der Waals surface area contributed by atoms with Crippen LogP contribution in [0.15, 0.2) is 60.7 Å². The normalized spacial score (nSPS) is 18.1. The predicted octanol–water partition coefficient (Wildman–Crippen LogP) is 1.91. The Bertz CT molecular complexity index is 792. The summed E-state index contributed by atoms with van der Waals surface area (Å²) in [6.07, 6.45) is 0.500. The summed E-state index contributed by atoms with van der Waals surface area (Å²) in [5, 5.41) is 0. The third-order valence-electron chi connectivity index (χ3n) is 4.04. The maximum Gasteiger partial charge on any atom is 0.241 e. The Hall–Kier alpha value is -2.18. The molecule has 1 aliphatic rings. The Morgan fingerprint density at radius 1 is 0.958 bits per heavy atom. The number of amides is 1. The van der Waals surface area contributed by atoms with Gasteiger partial charge in [-0.25, -0.2) is 13.1 Å². The van der Waals surface area contributed by atoms with Crippen molar-refractivity contribution in [1.82, 2.24) is 9.62 Å². The van der Waals surface area contributed by atoms with E-state index in [9.17, 15) is 13.2 Å². The maximum atomic E-state index is 12.4. The van der Waals surface area contributed by atoms with Crippen LogP contribution in [-0.4, -0.2) is 31.8 Å². The Morgan fingerprint density at radius 2 is 1.54 bits per heavy atom. The van der Waals surface area contributed by atoms with E-state index in [1.54, 1.807) is 29.2 Å². The number of nitrogens with one attached hydrogen (secondary N) is 1. The van der Waals surface area contributed by atoms with Gasteiger partial charge in [-0.05, 0) is 17.5 Å². The van der Waals surface area contributed by atoms with Gasteiger partial charge in [0.25, 0.3) is 0 Å². The number of benzene rings is 2. The summed E-state index contributed by atoms with van der Waals surface area (Å²) >= 11 is 0. The van der Waals surface area contributed by atoms with Crippen LogP contribution in [0.3, 0.4) is 0 Å². The molecular formula is C18H20N2O3S. The highest BCUT2D eigenvalue weighted by molar-refractivity contribution is 7.88. The zero-order valence-corrected chi connectivity index (χ0v) is 14.1. The van der Waals surface area contributed by atoms with Gasteiger partial charge in [-0.15, -0.1) is 0 Å². The van der Waals surface area contributed by atoms with Gasteiger partial charge in [0.2, 0.25) is 15.9 Å². The molecule has 0 spiro atoms. The maximum absolute atomic E-state index is 12.4. The first-order valence-corrected chi connectivity index (χ1v) is 9.55.